The monoisotopic (exact) mass is 355 g/mol. The fourth-order valence-electron chi connectivity index (χ4n) is 3.03. The van der Waals surface area contributed by atoms with E-state index in [2.05, 4.69) is 16.0 Å². The standard InChI is InChI=1S/C16H25N3O4S/c1-2-3-6-10(15(21)22)17-13(20)8-5-4-7-12-14-11(9-24-12)18-16(23)19-14/h2-3,10-12,14H,4-9H2,1H3,(H,17,20)(H,21,22)(H2,18,19,23)/b3-2+/t10?,11-,12-,14-/m0/s1. The average Bonchev–Trinajstić information content (AvgIpc) is 3.07. The van der Waals surface area contributed by atoms with Crippen LogP contribution in [0.4, 0.5) is 4.79 Å². The first-order valence-corrected chi connectivity index (χ1v) is 9.38. The summed E-state index contributed by atoms with van der Waals surface area (Å²) >= 11 is 1.86. The molecule has 2 fully saturated rings. The number of fused-ring (bicyclic) bond motifs is 1. The number of carboxylic acids is 1. The molecule has 2 aliphatic heterocycles. The molecule has 0 aliphatic carbocycles. The zero-order chi connectivity index (χ0) is 17.5. The maximum atomic E-state index is 11.9. The number of rotatable bonds is 9. The Bertz CT molecular complexity index is 512. The summed E-state index contributed by atoms with van der Waals surface area (Å²) in [6.45, 7) is 1.81. The van der Waals surface area contributed by atoms with Crippen molar-refractivity contribution in [2.75, 3.05) is 5.75 Å². The van der Waals surface area contributed by atoms with Crippen molar-refractivity contribution in [2.24, 2.45) is 0 Å². The largest absolute Gasteiger partial charge is 0.480 e. The quantitative estimate of drug-likeness (QED) is 0.283. The Morgan fingerprint density at radius 1 is 1.42 bits per heavy atom. The summed E-state index contributed by atoms with van der Waals surface area (Å²) in [6.07, 6.45) is 6.68. The number of unbranched alkanes of at least 4 members (excludes halogenated alkanes) is 1. The summed E-state index contributed by atoms with van der Waals surface area (Å²) in [5.41, 5.74) is 0. The third kappa shape index (κ3) is 5.15. The highest BCUT2D eigenvalue weighted by Crippen LogP contribution is 2.33. The van der Waals surface area contributed by atoms with Crippen molar-refractivity contribution in [3.63, 3.8) is 0 Å². The molecule has 1 unspecified atom stereocenters. The van der Waals surface area contributed by atoms with E-state index >= 15 is 0 Å². The molecule has 0 spiro atoms. The SMILES string of the molecule is C/C=C/CC(NC(=O)CCCC[C@@H]1SC[C@@H]2NC(=O)N[C@@H]21)C(=O)O. The summed E-state index contributed by atoms with van der Waals surface area (Å²) in [7, 11) is 0. The van der Waals surface area contributed by atoms with Gasteiger partial charge in [0.1, 0.15) is 6.04 Å². The summed E-state index contributed by atoms with van der Waals surface area (Å²) in [6, 6.07) is -0.539. The van der Waals surface area contributed by atoms with Crippen LogP contribution < -0.4 is 16.0 Å². The lowest BCUT2D eigenvalue weighted by Gasteiger charge is -2.16. The van der Waals surface area contributed by atoms with Crippen LogP contribution in [0.5, 0.6) is 0 Å². The Balaban J connectivity index is 1.64. The van der Waals surface area contributed by atoms with Crippen molar-refractivity contribution in [2.45, 2.75) is 62.4 Å². The van der Waals surface area contributed by atoms with Crippen molar-refractivity contribution in [1.82, 2.24) is 16.0 Å². The van der Waals surface area contributed by atoms with E-state index < -0.39 is 12.0 Å². The van der Waals surface area contributed by atoms with E-state index in [4.69, 9.17) is 5.11 Å². The minimum Gasteiger partial charge on any atom is -0.480 e. The molecule has 2 rings (SSSR count). The Morgan fingerprint density at radius 2 is 2.21 bits per heavy atom. The molecular weight excluding hydrogens is 330 g/mol. The molecule has 0 aromatic carbocycles. The summed E-state index contributed by atoms with van der Waals surface area (Å²) < 4.78 is 0. The fraction of sp³-hybridized carbons (Fsp3) is 0.688. The molecule has 2 aliphatic rings. The summed E-state index contributed by atoms with van der Waals surface area (Å²) in [4.78, 5) is 34.3. The average molecular weight is 355 g/mol. The van der Waals surface area contributed by atoms with Gasteiger partial charge in [0.25, 0.3) is 0 Å². The van der Waals surface area contributed by atoms with E-state index in [0.29, 0.717) is 18.1 Å². The number of urea groups is 1. The van der Waals surface area contributed by atoms with E-state index in [0.717, 1.165) is 25.0 Å². The molecule has 2 heterocycles. The number of nitrogens with one attached hydrogen (secondary N) is 3. The van der Waals surface area contributed by atoms with Gasteiger partial charge in [0.15, 0.2) is 0 Å². The third-order valence-corrected chi connectivity index (χ3v) is 5.83. The molecule has 7 nitrogen and oxygen atoms in total. The minimum atomic E-state index is -1.01. The van der Waals surface area contributed by atoms with Crippen LogP contribution in [-0.4, -0.2) is 52.1 Å². The van der Waals surface area contributed by atoms with Gasteiger partial charge in [-0.15, -0.1) is 0 Å². The van der Waals surface area contributed by atoms with Crippen molar-refractivity contribution >= 4 is 29.7 Å². The lowest BCUT2D eigenvalue weighted by atomic mass is 10.0. The van der Waals surface area contributed by atoms with Gasteiger partial charge in [0.2, 0.25) is 5.91 Å². The predicted octanol–water partition coefficient (Wildman–Crippen LogP) is 1.25. The van der Waals surface area contributed by atoms with Crippen LogP contribution in [0.15, 0.2) is 12.2 Å². The first-order chi connectivity index (χ1) is 11.5. The second-order valence-electron chi connectivity index (χ2n) is 6.13. The summed E-state index contributed by atoms with van der Waals surface area (Å²) in [5.74, 6) is -0.307. The normalized spacial score (nSPS) is 26.7. The smallest absolute Gasteiger partial charge is 0.326 e. The number of carbonyl (C=O) groups excluding carboxylic acids is 2. The van der Waals surface area contributed by atoms with Crippen LogP contribution >= 0.6 is 11.8 Å². The maximum Gasteiger partial charge on any atom is 0.326 e. The number of aliphatic carboxylic acids is 1. The maximum absolute atomic E-state index is 11.9. The number of carbonyl (C=O) groups is 3. The lowest BCUT2D eigenvalue weighted by Crippen LogP contribution is -2.40. The molecule has 4 atom stereocenters. The molecule has 0 aromatic heterocycles. The molecule has 0 saturated carbocycles. The first kappa shape index (κ1) is 18.6. The van der Waals surface area contributed by atoms with Crippen LogP contribution in [-0.2, 0) is 9.59 Å². The Kier molecular flexibility index (Phi) is 6.96. The highest BCUT2D eigenvalue weighted by molar-refractivity contribution is 8.00. The summed E-state index contributed by atoms with van der Waals surface area (Å²) in [5, 5.41) is 17.9. The first-order valence-electron chi connectivity index (χ1n) is 8.33. The Hall–Kier alpha value is -1.70. The van der Waals surface area contributed by atoms with E-state index in [1.807, 2.05) is 18.7 Å². The number of carboxylic acid groups (broad SMARTS) is 1. The van der Waals surface area contributed by atoms with Crippen LogP contribution in [0, 0.1) is 0 Å². The number of allylic oxidation sites excluding steroid dienone is 1. The number of hydrogen-bond donors (Lipinski definition) is 4. The van der Waals surface area contributed by atoms with Crippen LogP contribution in [0.3, 0.4) is 0 Å². The molecule has 4 N–H and O–H groups in total. The van der Waals surface area contributed by atoms with Crippen molar-refractivity contribution < 1.29 is 19.5 Å². The highest BCUT2D eigenvalue weighted by atomic mass is 32.2. The third-order valence-electron chi connectivity index (χ3n) is 4.32. The second-order valence-corrected chi connectivity index (χ2v) is 7.40. The lowest BCUT2D eigenvalue weighted by molar-refractivity contribution is -0.141. The van der Waals surface area contributed by atoms with Crippen molar-refractivity contribution in [3.05, 3.63) is 12.2 Å². The zero-order valence-electron chi connectivity index (χ0n) is 13.8. The molecule has 3 amide bonds. The van der Waals surface area contributed by atoms with Gasteiger partial charge in [-0.3, -0.25) is 4.79 Å². The highest BCUT2D eigenvalue weighted by Gasteiger charge is 2.42. The molecule has 0 bridgehead atoms. The predicted molar refractivity (Wildman–Crippen MR) is 93.0 cm³/mol. The molecular formula is C16H25N3O4S. The Morgan fingerprint density at radius 3 is 2.92 bits per heavy atom. The molecule has 0 aromatic rings. The fourth-order valence-corrected chi connectivity index (χ4v) is 4.58. The van der Waals surface area contributed by atoms with Gasteiger partial charge in [-0.1, -0.05) is 18.6 Å². The van der Waals surface area contributed by atoms with Gasteiger partial charge >= 0.3 is 12.0 Å². The van der Waals surface area contributed by atoms with Crippen LogP contribution in [0.25, 0.3) is 0 Å². The second kappa shape index (κ2) is 8.96. The van der Waals surface area contributed by atoms with Gasteiger partial charge in [0.05, 0.1) is 12.1 Å². The van der Waals surface area contributed by atoms with E-state index in [-0.39, 0.29) is 24.0 Å². The Labute approximate surface area is 146 Å². The van der Waals surface area contributed by atoms with Crippen molar-refractivity contribution in [1.29, 1.82) is 0 Å². The molecule has 24 heavy (non-hydrogen) atoms. The van der Waals surface area contributed by atoms with Crippen molar-refractivity contribution in [3.8, 4) is 0 Å². The van der Waals surface area contributed by atoms with Gasteiger partial charge in [-0.25, -0.2) is 9.59 Å². The van der Waals surface area contributed by atoms with Crippen LogP contribution in [0.1, 0.15) is 39.0 Å². The van der Waals surface area contributed by atoms with E-state index in [1.165, 1.54) is 0 Å². The topological polar surface area (TPSA) is 108 Å². The van der Waals surface area contributed by atoms with Gasteiger partial charge < -0.3 is 21.1 Å². The van der Waals surface area contributed by atoms with Gasteiger partial charge in [0, 0.05) is 17.4 Å². The minimum absolute atomic E-state index is 0.0875. The van der Waals surface area contributed by atoms with E-state index in [9.17, 15) is 14.4 Å². The van der Waals surface area contributed by atoms with Gasteiger partial charge in [-0.2, -0.15) is 11.8 Å². The van der Waals surface area contributed by atoms with Crippen LogP contribution in [0.2, 0.25) is 0 Å². The zero-order valence-corrected chi connectivity index (χ0v) is 14.6. The molecule has 134 valence electrons. The number of thioether (sulfide) groups is 1. The number of hydrogen-bond acceptors (Lipinski definition) is 4. The van der Waals surface area contributed by atoms with E-state index in [1.54, 1.807) is 12.2 Å². The molecule has 2 saturated heterocycles. The molecule has 8 heteroatoms. The molecule has 0 radical (unpaired) electrons. The van der Waals surface area contributed by atoms with Gasteiger partial charge in [-0.05, 0) is 26.2 Å². The number of amides is 3.